The molecule has 1 saturated heterocycles. The molecule has 0 bridgehead atoms. The van der Waals surface area contributed by atoms with E-state index in [-0.39, 0.29) is 11.9 Å². The first-order valence-corrected chi connectivity index (χ1v) is 9.23. The summed E-state index contributed by atoms with van der Waals surface area (Å²) in [6, 6.07) is 10.4. The maximum absolute atomic E-state index is 13.0. The number of nitrogens with two attached hydrogens (primary N) is 1. The lowest BCUT2D eigenvalue weighted by Gasteiger charge is -2.27. The van der Waals surface area contributed by atoms with Gasteiger partial charge in [0.05, 0.1) is 17.7 Å². The van der Waals surface area contributed by atoms with Crippen LogP contribution in [0.15, 0.2) is 35.7 Å². The zero-order valence-corrected chi connectivity index (χ0v) is 14.5. The van der Waals surface area contributed by atoms with Gasteiger partial charge in [-0.1, -0.05) is 30.3 Å². The molecule has 1 aliphatic heterocycles. The maximum Gasteiger partial charge on any atom is 0.273 e. The summed E-state index contributed by atoms with van der Waals surface area (Å²) in [6.07, 6.45) is 2.44. The lowest BCUT2D eigenvalue weighted by molar-refractivity contribution is 0.0651. The van der Waals surface area contributed by atoms with Gasteiger partial charge in [0.25, 0.3) is 5.91 Å². The van der Waals surface area contributed by atoms with Crippen LogP contribution in [0, 0.1) is 0 Å². The second-order valence-corrected chi connectivity index (χ2v) is 6.86. The predicted octanol–water partition coefficient (Wildman–Crippen LogP) is 2.12. The van der Waals surface area contributed by atoms with Crippen molar-refractivity contribution in [2.75, 3.05) is 26.3 Å². The Labute approximate surface area is 146 Å². The van der Waals surface area contributed by atoms with Crippen molar-refractivity contribution >= 4 is 17.2 Å². The second kappa shape index (κ2) is 8.37. The topological polar surface area (TPSA) is 68.5 Å². The zero-order chi connectivity index (χ0) is 16.8. The van der Waals surface area contributed by atoms with Crippen LogP contribution < -0.4 is 5.73 Å². The van der Waals surface area contributed by atoms with Crippen LogP contribution >= 0.6 is 11.3 Å². The molecule has 1 unspecified atom stereocenters. The first-order chi connectivity index (χ1) is 11.8. The average Bonchev–Trinajstić information content (AvgIpc) is 3.28. The highest BCUT2D eigenvalue weighted by Gasteiger charge is 2.29. The van der Waals surface area contributed by atoms with Gasteiger partial charge in [-0.3, -0.25) is 4.79 Å². The van der Waals surface area contributed by atoms with E-state index in [1.54, 1.807) is 0 Å². The number of carbonyl (C=O) groups is 1. The Kier molecular flexibility index (Phi) is 5.96. The van der Waals surface area contributed by atoms with Gasteiger partial charge < -0.3 is 15.4 Å². The summed E-state index contributed by atoms with van der Waals surface area (Å²) in [5.41, 5.74) is 7.34. The summed E-state index contributed by atoms with van der Waals surface area (Å²) in [7, 11) is 0. The molecule has 24 heavy (non-hydrogen) atoms. The van der Waals surface area contributed by atoms with Crippen LogP contribution in [0.5, 0.6) is 0 Å². The van der Waals surface area contributed by atoms with Gasteiger partial charge in [-0.2, -0.15) is 0 Å². The SMILES string of the molecule is NCCc1nc(C(=O)N(CCc2ccccc2)C2CCOC2)cs1. The van der Waals surface area contributed by atoms with Gasteiger partial charge in [-0.15, -0.1) is 11.3 Å². The van der Waals surface area contributed by atoms with Crippen molar-refractivity contribution in [1.82, 2.24) is 9.88 Å². The molecule has 0 aliphatic carbocycles. The number of ether oxygens (including phenoxy) is 1. The molecule has 3 rings (SSSR count). The number of hydrogen-bond donors (Lipinski definition) is 1. The summed E-state index contributed by atoms with van der Waals surface area (Å²) >= 11 is 1.51. The van der Waals surface area contributed by atoms with E-state index in [9.17, 15) is 4.79 Å². The van der Waals surface area contributed by atoms with Gasteiger partial charge in [-0.05, 0) is 24.9 Å². The Bertz CT molecular complexity index is 653. The van der Waals surface area contributed by atoms with Crippen LogP contribution in [0.2, 0.25) is 0 Å². The van der Waals surface area contributed by atoms with Gasteiger partial charge in [0.1, 0.15) is 5.69 Å². The van der Waals surface area contributed by atoms with Crippen molar-refractivity contribution in [3.05, 3.63) is 52.0 Å². The number of benzene rings is 1. The highest BCUT2D eigenvalue weighted by Crippen LogP contribution is 2.19. The van der Waals surface area contributed by atoms with Crippen LogP contribution in [0.25, 0.3) is 0 Å². The molecule has 0 radical (unpaired) electrons. The molecule has 0 spiro atoms. The molecule has 6 heteroatoms. The highest BCUT2D eigenvalue weighted by molar-refractivity contribution is 7.09. The Morgan fingerprint density at radius 2 is 2.17 bits per heavy atom. The lowest BCUT2D eigenvalue weighted by Crippen LogP contribution is -2.42. The largest absolute Gasteiger partial charge is 0.379 e. The Balaban J connectivity index is 1.72. The summed E-state index contributed by atoms with van der Waals surface area (Å²) in [5, 5.41) is 2.77. The summed E-state index contributed by atoms with van der Waals surface area (Å²) in [4.78, 5) is 19.3. The number of amides is 1. The minimum Gasteiger partial charge on any atom is -0.379 e. The third-order valence-electron chi connectivity index (χ3n) is 4.22. The fourth-order valence-electron chi connectivity index (χ4n) is 2.91. The average molecular weight is 345 g/mol. The third kappa shape index (κ3) is 4.20. The van der Waals surface area contributed by atoms with Crippen molar-refractivity contribution in [1.29, 1.82) is 0 Å². The predicted molar refractivity (Wildman–Crippen MR) is 95.3 cm³/mol. The Morgan fingerprint density at radius 1 is 1.33 bits per heavy atom. The molecule has 1 amide bonds. The molecule has 1 atom stereocenters. The normalized spacial score (nSPS) is 17.1. The van der Waals surface area contributed by atoms with Crippen LogP contribution in [0.4, 0.5) is 0 Å². The highest BCUT2D eigenvalue weighted by atomic mass is 32.1. The van der Waals surface area contributed by atoms with E-state index < -0.39 is 0 Å². The van der Waals surface area contributed by atoms with E-state index >= 15 is 0 Å². The first kappa shape index (κ1) is 17.1. The standard InChI is InChI=1S/C18H23N3O2S/c19-9-6-17-20-16(13-24-17)18(22)21(15-8-11-23-12-15)10-7-14-4-2-1-3-5-14/h1-5,13,15H,6-12,19H2. The lowest BCUT2D eigenvalue weighted by atomic mass is 10.1. The number of nitrogens with zero attached hydrogens (tertiary/aromatic N) is 2. The zero-order valence-electron chi connectivity index (χ0n) is 13.7. The minimum absolute atomic E-state index is 0.000882. The maximum atomic E-state index is 13.0. The fourth-order valence-corrected chi connectivity index (χ4v) is 3.69. The van der Waals surface area contributed by atoms with Crippen molar-refractivity contribution in [3.8, 4) is 0 Å². The van der Waals surface area contributed by atoms with Gasteiger partial charge in [0, 0.05) is 25.0 Å². The fraction of sp³-hybridized carbons (Fsp3) is 0.444. The van der Waals surface area contributed by atoms with E-state index in [1.165, 1.54) is 16.9 Å². The molecule has 128 valence electrons. The molecule has 1 fully saturated rings. The van der Waals surface area contributed by atoms with Crippen molar-refractivity contribution in [2.24, 2.45) is 5.73 Å². The van der Waals surface area contributed by atoms with E-state index in [4.69, 9.17) is 10.5 Å². The summed E-state index contributed by atoms with van der Waals surface area (Å²) < 4.78 is 5.49. The van der Waals surface area contributed by atoms with Crippen LogP contribution in [-0.2, 0) is 17.6 Å². The number of hydrogen-bond acceptors (Lipinski definition) is 5. The molecule has 2 N–H and O–H groups in total. The molecule has 0 saturated carbocycles. The monoisotopic (exact) mass is 345 g/mol. The summed E-state index contributed by atoms with van der Waals surface area (Å²) in [5.74, 6) is 0.000882. The van der Waals surface area contributed by atoms with Crippen LogP contribution in [-0.4, -0.2) is 48.1 Å². The minimum atomic E-state index is 0.000882. The van der Waals surface area contributed by atoms with Crippen molar-refractivity contribution in [2.45, 2.75) is 25.3 Å². The molecule has 1 aromatic carbocycles. The molecule has 2 aromatic rings. The number of thiazole rings is 1. The van der Waals surface area contributed by atoms with Crippen LogP contribution in [0.1, 0.15) is 27.5 Å². The smallest absolute Gasteiger partial charge is 0.273 e. The van der Waals surface area contributed by atoms with E-state index in [2.05, 4.69) is 17.1 Å². The third-order valence-corrected chi connectivity index (χ3v) is 5.13. The molecular weight excluding hydrogens is 322 g/mol. The van der Waals surface area contributed by atoms with E-state index in [0.717, 1.165) is 24.5 Å². The van der Waals surface area contributed by atoms with Gasteiger partial charge in [-0.25, -0.2) is 4.98 Å². The quantitative estimate of drug-likeness (QED) is 0.834. The van der Waals surface area contributed by atoms with E-state index in [1.807, 2.05) is 28.5 Å². The summed E-state index contributed by atoms with van der Waals surface area (Å²) in [6.45, 7) is 2.56. The molecule has 1 aliphatic rings. The molecule has 1 aromatic heterocycles. The van der Waals surface area contributed by atoms with Crippen LogP contribution in [0.3, 0.4) is 0 Å². The van der Waals surface area contributed by atoms with Gasteiger partial charge in [0.15, 0.2) is 0 Å². The van der Waals surface area contributed by atoms with Gasteiger partial charge >= 0.3 is 0 Å². The van der Waals surface area contributed by atoms with E-state index in [0.29, 0.717) is 31.8 Å². The Morgan fingerprint density at radius 3 is 2.88 bits per heavy atom. The molecule has 2 heterocycles. The number of aromatic nitrogens is 1. The van der Waals surface area contributed by atoms with Crippen molar-refractivity contribution in [3.63, 3.8) is 0 Å². The first-order valence-electron chi connectivity index (χ1n) is 8.35. The van der Waals surface area contributed by atoms with Crippen molar-refractivity contribution < 1.29 is 9.53 Å². The number of carbonyl (C=O) groups excluding carboxylic acids is 1. The van der Waals surface area contributed by atoms with Gasteiger partial charge in [0.2, 0.25) is 0 Å². The number of rotatable bonds is 7. The molecular formula is C18H23N3O2S. The Hall–Kier alpha value is -1.76. The molecule has 5 nitrogen and oxygen atoms in total. The second-order valence-electron chi connectivity index (χ2n) is 5.92.